The van der Waals surface area contributed by atoms with E-state index in [1.54, 1.807) is 18.2 Å². The summed E-state index contributed by atoms with van der Waals surface area (Å²) in [5.74, 6) is -0.300. The lowest BCUT2D eigenvalue weighted by Crippen LogP contribution is -2.24. The van der Waals surface area contributed by atoms with E-state index in [9.17, 15) is 19.1 Å². The van der Waals surface area contributed by atoms with Crippen molar-refractivity contribution in [2.45, 2.75) is 46.0 Å². The first-order chi connectivity index (χ1) is 20.8. The average Bonchev–Trinajstić information content (AvgIpc) is 3.32. The predicted octanol–water partition coefficient (Wildman–Crippen LogP) is 6.73. The molecule has 0 saturated heterocycles. The number of carbonyl (C=O) groups is 1. The van der Waals surface area contributed by atoms with Gasteiger partial charge < -0.3 is 9.84 Å². The molecule has 0 radical (unpaired) electrons. The van der Waals surface area contributed by atoms with E-state index in [1.807, 2.05) is 80.6 Å². The number of hydrogen-bond acceptors (Lipinski definition) is 4. The average molecular weight is 580 g/mol. The minimum Gasteiger partial charge on any atom is -0.493 e. The Labute approximate surface area is 249 Å². The van der Waals surface area contributed by atoms with Gasteiger partial charge in [-0.25, -0.2) is 13.8 Å². The number of aliphatic carboxylic acids is 1. The van der Waals surface area contributed by atoms with Gasteiger partial charge in [-0.1, -0.05) is 67.1 Å². The number of aryl methyl sites for hydroxylation is 3. The van der Waals surface area contributed by atoms with Crippen molar-refractivity contribution in [2.75, 3.05) is 6.61 Å². The molecule has 0 saturated carbocycles. The first-order valence-electron chi connectivity index (χ1n) is 14.4. The quantitative estimate of drug-likeness (QED) is 0.177. The zero-order chi connectivity index (χ0) is 30.3. The van der Waals surface area contributed by atoms with Gasteiger partial charge in [0.1, 0.15) is 17.4 Å². The van der Waals surface area contributed by atoms with E-state index in [-0.39, 0.29) is 12.1 Å². The van der Waals surface area contributed by atoms with Crippen molar-refractivity contribution in [2.24, 2.45) is 0 Å². The number of carboxylic acids is 1. The van der Waals surface area contributed by atoms with Gasteiger partial charge in [0.25, 0.3) is 0 Å². The summed E-state index contributed by atoms with van der Waals surface area (Å²) in [5, 5.41) is 14.0. The monoisotopic (exact) mass is 579 g/mol. The molecule has 220 valence electrons. The number of para-hydroxylation sites is 1. The van der Waals surface area contributed by atoms with E-state index < -0.39 is 17.5 Å². The molecule has 1 aromatic heterocycles. The molecule has 0 bridgehead atoms. The van der Waals surface area contributed by atoms with Crippen LogP contribution in [0.3, 0.4) is 0 Å². The number of hydrogen-bond donors (Lipinski definition) is 1. The van der Waals surface area contributed by atoms with Crippen molar-refractivity contribution in [3.05, 3.63) is 130 Å². The Bertz CT molecular complexity index is 1770. The maximum absolute atomic E-state index is 14.8. The van der Waals surface area contributed by atoms with Gasteiger partial charge in [0.2, 0.25) is 0 Å². The van der Waals surface area contributed by atoms with Crippen LogP contribution in [0.25, 0.3) is 22.5 Å². The van der Waals surface area contributed by atoms with Gasteiger partial charge in [0.15, 0.2) is 0 Å². The van der Waals surface area contributed by atoms with Crippen LogP contribution in [-0.2, 0) is 24.1 Å². The summed E-state index contributed by atoms with van der Waals surface area (Å²) in [5.41, 5.74) is 5.10. The largest absolute Gasteiger partial charge is 0.493 e. The number of rotatable bonds is 12. The van der Waals surface area contributed by atoms with Crippen molar-refractivity contribution < 1.29 is 19.0 Å². The van der Waals surface area contributed by atoms with Crippen LogP contribution in [0.15, 0.2) is 95.8 Å². The summed E-state index contributed by atoms with van der Waals surface area (Å²) < 4.78 is 23.2. The Morgan fingerprint density at radius 3 is 2.35 bits per heavy atom. The van der Waals surface area contributed by atoms with E-state index in [4.69, 9.17) is 4.74 Å². The summed E-state index contributed by atoms with van der Waals surface area (Å²) in [6, 6.07) is 27.5. The summed E-state index contributed by atoms with van der Waals surface area (Å²) >= 11 is 0. The van der Waals surface area contributed by atoms with Crippen LogP contribution in [0.5, 0.6) is 5.75 Å². The molecule has 5 aromatic rings. The molecule has 0 aliphatic rings. The second kappa shape index (κ2) is 13.3. The second-order valence-electron chi connectivity index (χ2n) is 10.5. The van der Waals surface area contributed by atoms with Gasteiger partial charge in [-0.15, -0.1) is 5.10 Å². The molecule has 4 aromatic carbocycles. The molecule has 0 aliphatic heterocycles. The Morgan fingerprint density at radius 2 is 1.65 bits per heavy atom. The van der Waals surface area contributed by atoms with Crippen LogP contribution in [0.1, 0.15) is 42.3 Å². The number of benzene rings is 4. The molecule has 0 amide bonds. The third kappa shape index (κ3) is 6.92. The fraction of sp³-hybridized carbons (Fsp3) is 0.229. The molecule has 0 spiro atoms. The number of halogens is 1. The fourth-order valence-corrected chi connectivity index (χ4v) is 5.03. The van der Waals surface area contributed by atoms with Crippen LogP contribution < -0.4 is 10.4 Å². The van der Waals surface area contributed by atoms with Crippen molar-refractivity contribution in [1.29, 1.82) is 0 Å². The number of nitrogens with zero attached hydrogens (tertiary/aromatic N) is 3. The first kappa shape index (κ1) is 29.5. The summed E-state index contributed by atoms with van der Waals surface area (Å²) in [6.45, 7) is 4.51. The van der Waals surface area contributed by atoms with Gasteiger partial charge in [-0.3, -0.25) is 4.79 Å². The zero-order valence-electron chi connectivity index (χ0n) is 24.3. The SMILES string of the molecule is CCCOc1ccc(-c2ccc(CCCc3nn(-c4ccc(C)cc4)c(=O)n3-c3ccccc3F)cc2)cc1CC(=O)O. The topological polar surface area (TPSA) is 86.4 Å². The van der Waals surface area contributed by atoms with Gasteiger partial charge in [-0.2, -0.15) is 4.68 Å². The van der Waals surface area contributed by atoms with Gasteiger partial charge >= 0.3 is 11.7 Å². The summed E-state index contributed by atoms with van der Waals surface area (Å²) in [7, 11) is 0. The molecule has 0 unspecified atom stereocenters. The standard InChI is InChI=1S/C35H34FN3O4/c1-3-21-43-32-20-17-27(22-28(32)23-34(40)41)26-15-13-25(14-16-26)7-6-10-33-37-39(29-18-11-24(2)12-19-29)35(42)38(33)31-9-5-4-8-30(31)36/h4-5,8-9,11-20,22H,3,6-7,10,21,23H2,1-2H3,(H,40,41). The molecule has 1 heterocycles. The highest BCUT2D eigenvalue weighted by atomic mass is 19.1. The van der Waals surface area contributed by atoms with E-state index in [0.717, 1.165) is 35.1 Å². The van der Waals surface area contributed by atoms with Crippen molar-refractivity contribution in [1.82, 2.24) is 14.3 Å². The molecule has 43 heavy (non-hydrogen) atoms. The summed E-state index contributed by atoms with van der Waals surface area (Å²) in [6.07, 6.45) is 2.64. The minimum absolute atomic E-state index is 0.109. The van der Waals surface area contributed by atoms with Gasteiger partial charge in [0, 0.05) is 12.0 Å². The number of carboxylic acid groups (broad SMARTS) is 1. The maximum atomic E-state index is 14.8. The lowest BCUT2D eigenvalue weighted by atomic mass is 9.98. The highest BCUT2D eigenvalue weighted by Crippen LogP contribution is 2.28. The van der Waals surface area contributed by atoms with E-state index in [2.05, 4.69) is 5.10 Å². The third-order valence-corrected chi connectivity index (χ3v) is 7.23. The molecular formula is C35H34FN3O4. The lowest BCUT2D eigenvalue weighted by molar-refractivity contribution is -0.136. The zero-order valence-corrected chi connectivity index (χ0v) is 24.3. The second-order valence-corrected chi connectivity index (χ2v) is 10.5. The molecule has 5 rings (SSSR count). The smallest absolute Gasteiger partial charge is 0.355 e. The Kier molecular flexibility index (Phi) is 9.15. The maximum Gasteiger partial charge on any atom is 0.355 e. The van der Waals surface area contributed by atoms with E-state index in [0.29, 0.717) is 42.3 Å². The Morgan fingerprint density at radius 1 is 0.930 bits per heavy atom. The van der Waals surface area contributed by atoms with E-state index in [1.165, 1.54) is 15.3 Å². The lowest BCUT2D eigenvalue weighted by Gasteiger charge is -2.12. The van der Waals surface area contributed by atoms with Crippen molar-refractivity contribution in [3.8, 4) is 28.3 Å². The van der Waals surface area contributed by atoms with Crippen LogP contribution in [-0.4, -0.2) is 32.0 Å². The molecule has 0 atom stereocenters. The molecule has 0 aliphatic carbocycles. The van der Waals surface area contributed by atoms with Crippen molar-refractivity contribution >= 4 is 5.97 Å². The fourth-order valence-electron chi connectivity index (χ4n) is 5.03. The predicted molar refractivity (Wildman–Crippen MR) is 165 cm³/mol. The molecule has 1 N–H and O–H groups in total. The van der Waals surface area contributed by atoms with Crippen molar-refractivity contribution in [3.63, 3.8) is 0 Å². The minimum atomic E-state index is -0.905. The molecular weight excluding hydrogens is 545 g/mol. The normalized spacial score (nSPS) is 11.0. The van der Waals surface area contributed by atoms with Crippen LogP contribution in [0.2, 0.25) is 0 Å². The van der Waals surface area contributed by atoms with Crippen LogP contribution in [0, 0.1) is 12.7 Å². The highest BCUT2D eigenvalue weighted by molar-refractivity contribution is 5.74. The van der Waals surface area contributed by atoms with Crippen LogP contribution in [0.4, 0.5) is 4.39 Å². The Hall–Kier alpha value is -4.98. The Balaban J connectivity index is 1.34. The molecule has 0 fully saturated rings. The molecule has 8 heteroatoms. The summed E-state index contributed by atoms with van der Waals surface area (Å²) in [4.78, 5) is 24.9. The third-order valence-electron chi connectivity index (χ3n) is 7.23. The first-order valence-corrected chi connectivity index (χ1v) is 14.4. The van der Waals surface area contributed by atoms with Gasteiger partial charge in [-0.05, 0) is 79.3 Å². The van der Waals surface area contributed by atoms with Crippen LogP contribution >= 0.6 is 0 Å². The highest BCUT2D eigenvalue weighted by Gasteiger charge is 2.18. The number of ether oxygens (including phenoxy) is 1. The number of aromatic nitrogens is 3. The molecule has 7 nitrogen and oxygen atoms in total. The van der Waals surface area contributed by atoms with Gasteiger partial charge in [0.05, 0.1) is 24.4 Å². The van der Waals surface area contributed by atoms with E-state index >= 15 is 0 Å².